The zero-order chi connectivity index (χ0) is 16.2. The van der Waals surface area contributed by atoms with Gasteiger partial charge in [-0.1, -0.05) is 35.9 Å². The molecule has 0 bridgehead atoms. The number of halogens is 1. The fourth-order valence-corrected chi connectivity index (χ4v) is 2.77. The zero-order valence-electron chi connectivity index (χ0n) is 12.9. The van der Waals surface area contributed by atoms with Gasteiger partial charge in [-0.15, -0.1) is 0 Å². The van der Waals surface area contributed by atoms with Crippen LogP contribution >= 0.6 is 11.6 Å². The van der Waals surface area contributed by atoms with Crippen molar-refractivity contribution in [3.8, 4) is 11.5 Å². The summed E-state index contributed by atoms with van der Waals surface area (Å²) in [4.78, 5) is 14.0. The number of fused-ring (bicyclic) bond motifs is 1. The predicted octanol–water partition coefficient (Wildman–Crippen LogP) is 3.66. The second kappa shape index (κ2) is 6.92. The molecule has 0 N–H and O–H groups in total. The van der Waals surface area contributed by atoms with E-state index < -0.39 is 0 Å². The molecule has 0 saturated carbocycles. The number of hydrogen-bond donors (Lipinski definition) is 0. The second-order valence-electron chi connectivity index (χ2n) is 5.53. The number of aryl methyl sites for hydroxylation is 1. The summed E-state index contributed by atoms with van der Waals surface area (Å²) < 4.78 is 10.6. The third-order valence-electron chi connectivity index (χ3n) is 3.85. The molecule has 120 valence electrons. The van der Waals surface area contributed by atoms with Crippen LogP contribution in [-0.2, 0) is 17.8 Å². The zero-order valence-corrected chi connectivity index (χ0v) is 13.7. The topological polar surface area (TPSA) is 38.8 Å². The van der Waals surface area contributed by atoms with Crippen LogP contribution in [-0.4, -0.2) is 24.6 Å². The molecule has 1 heterocycles. The molecule has 0 radical (unpaired) electrons. The second-order valence-corrected chi connectivity index (χ2v) is 5.94. The predicted molar refractivity (Wildman–Crippen MR) is 88.8 cm³/mol. The number of ether oxygens (including phenoxy) is 2. The average Bonchev–Trinajstić information content (AvgIpc) is 3.01. The van der Waals surface area contributed by atoms with Crippen LogP contribution in [0.5, 0.6) is 11.5 Å². The van der Waals surface area contributed by atoms with Gasteiger partial charge in [0.05, 0.1) is 0 Å². The molecular weight excluding hydrogens is 314 g/mol. The summed E-state index contributed by atoms with van der Waals surface area (Å²) in [6.45, 7) is 0.795. The Hall–Kier alpha value is -2.20. The van der Waals surface area contributed by atoms with Gasteiger partial charge in [-0.2, -0.15) is 0 Å². The molecule has 4 nitrogen and oxygen atoms in total. The van der Waals surface area contributed by atoms with E-state index in [0.29, 0.717) is 24.4 Å². The normalized spacial score (nSPS) is 12.3. The third-order valence-corrected chi connectivity index (χ3v) is 4.22. The van der Waals surface area contributed by atoms with Crippen LogP contribution in [0.4, 0.5) is 0 Å². The minimum absolute atomic E-state index is 0.0857. The van der Waals surface area contributed by atoms with Crippen molar-refractivity contribution in [2.45, 2.75) is 19.4 Å². The van der Waals surface area contributed by atoms with Crippen molar-refractivity contribution in [1.82, 2.24) is 4.90 Å². The van der Waals surface area contributed by atoms with Crippen LogP contribution in [0.15, 0.2) is 42.5 Å². The van der Waals surface area contributed by atoms with Crippen LogP contribution < -0.4 is 9.47 Å². The van der Waals surface area contributed by atoms with Crippen molar-refractivity contribution in [3.63, 3.8) is 0 Å². The van der Waals surface area contributed by atoms with Gasteiger partial charge in [0.25, 0.3) is 0 Å². The third kappa shape index (κ3) is 3.77. The van der Waals surface area contributed by atoms with Gasteiger partial charge in [-0.3, -0.25) is 4.79 Å². The molecular formula is C18H18ClNO3. The molecule has 1 aliphatic heterocycles. The Morgan fingerprint density at radius 3 is 2.78 bits per heavy atom. The molecule has 0 saturated heterocycles. The number of nitrogens with zero attached hydrogens (tertiary/aromatic N) is 1. The van der Waals surface area contributed by atoms with E-state index in [2.05, 4.69) is 0 Å². The Morgan fingerprint density at radius 1 is 1.17 bits per heavy atom. The first-order chi connectivity index (χ1) is 11.1. The number of rotatable bonds is 5. The highest BCUT2D eigenvalue weighted by Crippen LogP contribution is 2.32. The van der Waals surface area contributed by atoms with Gasteiger partial charge >= 0.3 is 0 Å². The lowest BCUT2D eigenvalue weighted by molar-refractivity contribution is -0.130. The maximum Gasteiger partial charge on any atom is 0.231 e. The van der Waals surface area contributed by atoms with Crippen molar-refractivity contribution < 1.29 is 14.3 Å². The van der Waals surface area contributed by atoms with E-state index in [1.165, 1.54) is 0 Å². The SMILES string of the molecule is CN(Cc1ccc2c(c1)OCO2)C(=O)CCc1ccccc1Cl. The van der Waals surface area contributed by atoms with E-state index in [4.69, 9.17) is 21.1 Å². The smallest absolute Gasteiger partial charge is 0.231 e. The Bertz CT molecular complexity index is 717. The number of amides is 1. The first kappa shape index (κ1) is 15.7. The molecule has 0 unspecified atom stereocenters. The highest BCUT2D eigenvalue weighted by molar-refractivity contribution is 6.31. The van der Waals surface area contributed by atoms with Crippen LogP contribution in [0.3, 0.4) is 0 Å². The monoisotopic (exact) mass is 331 g/mol. The maximum atomic E-state index is 12.3. The van der Waals surface area contributed by atoms with Gasteiger partial charge in [0.15, 0.2) is 11.5 Å². The molecule has 23 heavy (non-hydrogen) atoms. The average molecular weight is 332 g/mol. The van der Waals surface area contributed by atoms with E-state index >= 15 is 0 Å². The highest BCUT2D eigenvalue weighted by atomic mass is 35.5. The maximum absolute atomic E-state index is 12.3. The van der Waals surface area contributed by atoms with Crippen molar-refractivity contribution in [3.05, 3.63) is 58.6 Å². The standard InChI is InChI=1S/C18H18ClNO3/c1-20(11-13-6-8-16-17(10-13)23-12-22-16)18(21)9-7-14-4-2-3-5-15(14)19/h2-6,8,10H,7,9,11-12H2,1H3. The summed E-state index contributed by atoms with van der Waals surface area (Å²) in [5.74, 6) is 1.57. The first-order valence-electron chi connectivity index (χ1n) is 7.49. The van der Waals surface area contributed by atoms with E-state index in [9.17, 15) is 4.79 Å². The molecule has 2 aromatic rings. The molecule has 1 amide bonds. The van der Waals surface area contributed by atoms with Crippen molar-refractivity contribution in [1.29, 1.82) is 0 Å². The molecule has 1 aliphatic rings. The number of carbonyl (C=O) groups is 1. The van der Waals surface area contributed by atoms with Gasteiger partial charge in [-0.25, -0.2) is 0 Å². The lowest BCUT2D eigenvalue weighted by Crippen LogP contribution is -2.26. The molecule has 0 aromatic heterocycles. The van der Waals surface area contributed by atoms with Gasteiger partial charge in [0.2, 0.25) is 12.7 Å². The molecule has 5 heteroatoms. The summed E-state index contributed by atoms with van der Waals surface area (Å²) in [5.41, 5.74) is 2.02. The van der Waals surface area contributed by atoms with Gasteiger partial charge < -0.3 is 14.4 Å². The minimum Gasteiger partial charge on any atom is -0.454 e. The van der Waals surface area contributed by atoms with Crippen molar-refractivity contribution in [2.24, 2.45) is 0 Å². The Labute approximate surface area is 140 Å². The molecule has 0 aliphatic carbocycles. The summed E-state index contributed by atoms with van der Waals surface area (Å²) in [6.07, 6.45) is 1.08. The lowest BCUT2D eigenvalue weighted by atomic mass is 10.1. The van der Waals surface area contributed by atoms with E-state index in [-0.39, 0.29) is 12.7 Å². The molecule has 3 rings (SSSR count). The van der Waals surface area contributed by atoms with E-state index in [1.54, 1.807) is 11.9 Å². The quantitative estimate of drug-likeness (QED) is 0.839. The largest absolute Gasteiger partial charge is 0.454 e. The molecule has 0 atom stereocenters. The summed E-state index contributed by atoms with van der Waals surface area (Å²) in [7, 11) is 1.81. The first-order valence-corrected chi connectivity index (χ1v) is 7.87. The summed E-state index contributed by atoms with van der Waals surface area (Å²) in [6, 6.07) is 13.4. The number of carbonyl (C=O) groups excluding carboxylic acids is 1. The molecule has 2 aromatic carbocycles. The Kier molecular flexibility index (Phi) is 4.72. The van der Waals surface area contributed by atoms with Crippen LogP contribution in [0.2, 0.25) is 5.02 Å². The van der Waals surface area contributed by atoms with Gasteiger partial charge in [0.1, 0.15) is 0 Å². The fraction of sp³-hybridized carbons (Fsp3) is 0.278. The molecule has 0 spiro atoms. The van der Waals surface area contributed by atoms with Crippen LogP contribution in [0, 0.1) is 0 Å². The Balaban J connectivity index is 1.56. The lowest BCUT2D eigenvalue weighted by Gasteiger charge is -2.17. The molecule has 0 fully saturated rings. The van der Waals surface area contributed by atoms with Crippen molar-refractivity contribution in [2.75, 3.05) is 13.8 Å². The van der Waals surface area contributed by atoms with E-state index in [0.717, 1.165) is 22.6 Å². The number of benzene rings is 2. The van der Waals surface area contributed by atoms with Crippen molar-refractivity contribution >= 4 is 17.5 Å². The summed E-state index contributed by atoms with van der Waals surface area (Å²) >= 11 is 6.12. The van der Waals surface area contributed by atoms with Gasteiger partial charge in [0, 0.05) is 25.0 Å². The van der Waals surface area contributed by atoms with Crippen LogP contribution in [0.1, 0.15) is 17.5 Å². The fourth-order valence-electron chi connectivity index (χ4n) is 2.53. The summed E-state index contributed by atoms with van der Waals surface area (Å²) in [5, 5.41) is 0.707. The Morgan fingerprint density at radius 2 is 1.96 bits per heavy atom. The highest BCUT2D eigenvalue weighted by Gasteiger charge is 2.15. The van der Waals surface area contributed by atoms with E-state index in [1.807, 2.05) is 42.5 Å². The number of hydrogen-bond acceptors (Lipinski definition) is 3. The van der Waals surface area contributed by atoms with Crippen LogP contribution in [0.25, 0.3) is 0 Å². The van der Waals surface area contributed by atoms with Gasteiger partial charge in [-0.05, 0) is 35.7 Å². The minimum atomic E-state index is 0.0857.